The molecule has 0 aromatic heterocycles. The average molecular weight is 370 g/mol. The normalized spacial score (nSPS) is 10.3. The molecule has 0 heterocycles. The van der Waals surface area contributed by atoms with Gasteiger partial charge in [-0.25, -0.2) is 4.79 Å². The summed E-state index contributed by atoms with van der Waals surface area (Å²) < 4.78 is 5.53. The van der Waals surface area contributed by atoms with E-state index in [1.165, 1.54) is 7.11 Å². The van der Waals surface area contributed by atoms with E-state index in [0.717, 1.165) is 21.4 Å². The SMILES string of the molecule is COC(=O)c1cc(Nc2ccc(Cl)c(Br)c2)cc(C)c1N. The van der Waals surface area contributed by atoms with Crippen LogP contribution in [0, 0.1) is 6.92 Å². The van der Waals surface area contributed by atoms with E-state index in [1.54, 1.807) is 12.1 Å². The summed E-state index contributed by atoms with van der Waals surface area (Å²) in [6, 6.07) is 9.00. The van der Waals surface area contributed by atoms with E-state index in [0.29, 0.717) is 16.3 Å². The molecule has 0 radical (unpaired) electrons. The number of rotatable bonds is 3. The van der Waals surface area contributed by atoms with Gasteiger partial charge in [0.15, 0.2) is 0 Å². The molecule has 0 saturated heterocycles. The van der Waals surface area contributed by atoms with Crippen LogP contribution < -0.4 is 11.1 Å². The molecule has 0 saturated carbocycles. The monoisotopic (exact) mass is 368 g/mol. The number of nitrogens with one attached hydrogen (secondary N) is 1. The number of halogens is 2. The third kappa shape index (κ3) is 3.49. The maximum absolute atomic E-state index is 11.7. The summed E-state index contributed by atoms with van der Waals surface area (Å²) in [5.41, 5.74) is 9.06. The van der Waals surface area contributed by atoms with Crippen molar-refractivity contribution in [2.24, 2.45) is 0 Å². The van der Waals surface area contributed by atoms with Crippen LogP contribution in [0.4, 0.5) is 17.1 Å². The lowest BCUT2D eigenvalue weighted by Crippen LogP contribution is -2.08. The molecule has 0 spiro atoms. The van der Waals surface area contributed by atoms with Gasteiger partial charge in [-0.1, -0.05) is 11.6 Å². The first-order valence-electron chi connectivity index (χ1n) is 6.13. The van der Waals surface area contributed by atoms with Crippen molar-refractivity contribution in [3.63, 3.8) is 0 Å². The molecule has 0 unspecified atom stereocenters. The van der Waals surface area contributed by atoms with Crippen molar-refractivity contribution >= 4 is 50.6 Å². The molecule has 3 N–H and O–H groups in total. The summed E-state index contributed by atoms with van der Waals surface area (Å²) in [6.45, 7) is 1.84. The molecule has 2 aromatic rings. The molecule has 0 aliphatic carbocycles. The van der Waals surface area contributed by atoms with Crippen LogP contribution in [0.3, 0.4) is 0 Å². The van der Waals surface area contributed by atoms with Gasteiger partial charge in [-0.3, -0.25) is 0 Å². The highest BCUT2D eigenvalue weighted by molar-refractivity contribution is 9.10. The Morgan fingerprint density at radius 3 is 2.62 bits per heavy atom. The molecular weight excluding hydrogens is 356 g/mol. The molecule has 0 amide bonds. The van der Waals surface area contributed by atoms with Gasteiger partial charge in [-0.2, -0.15) is 0 Å². The van der Waals surface area contributed by atoms with Crippen LogP contribution in [0.2, 0.25) is 5.02 Å². The molecule has 0 aliphatic rings. The lowest BCUT2D eigenvalue weighted by Gasteiger charge is -2.13. The maximum atomic E-state index is 11.7. The number of nitrogen functional groups attached to an aromatic ring is 1. The highest BCUT2D eigenvalue weighted by atomic mass is 79.9. The summed E-state index contributed by atoms with van der Waals surface area (Å²) >= 11 is 9.33. The van der Waals surface area contributed by atoms with Crippen molar-refractivity contribution in [3.05, 3.63) is 51.0 Å². The molecule has 0 aliphatic heterocycles. The number of carbonyl (C=O) groups excluding carboxylic acids is 1. The van der Waals surface area contributed by atoms with Crippen LogP contribution >= 0.6 is 27.5 Å². The fourth-order valence-electron chi connectivity index (χ4n) is 1.89. The predicted molar refractivity (Wildman–Crippen MR) is 89.4 cm³/mol. The highest BCUT2D eigenvalue weighted by Gasteiger charge is 2.13. The number of benzene rings is 2. The van der Waals surface area contributed by atoms with E-state index in [2.05, 4.69) is 21.2 Å². The quantitative estimate of drug-likeness (QED) is 0.616. The van der Waals surface area contributed by atoms with Crippen LogP contribution in [0.1, 0.15) is 15.9 Å². The number of anilines is 3. The standard InChI is InChI=1S/C15H14BrClN2O2/c1-8-5-10(6-11(14(8)18)15(20)21-2)19-9-3-4-13(17)12(16)7-9/h3-7,19H,18H2,1-2H3. The average Bonchev–Trinajstić information content (AvgIpc) is 2.45. The van der Waals surface area contributed by atoms with Gasteiger partial charge < -0.3 is 15.8 Å². The second-order valence-corrected chi connectivity index (χ2v) is 5.76. The second kappa shape index (κ2) is 6.37. The van der Waals surface area contributed by atoms with Gasteiger partial charge in [0.1, 0.15) is 0 Å². The largest absolute Gasteiger partial charge is 0.465 e. The lowest BCUT2D eigenvalue weighted by molar-refractivity contribution is 0.0602. The van der Waals surface area contributed by atoms with Gasteiger partial charge in [0.25, 0.3) is 0 Å². The topological polar surface area (TPSA) is 64.3 Å². The fourth-order valence-corrected chi connectivity index (χ4v) is 2.39. The van der Waals surface area contributed by atoms with Gasteiger partial charge in [-0.15, -0.1) is 0 Å². The first-order chi connectivity index (χ1) is 9.92. The van der Waals surface area contributed by atoms with E-state index in [9.17, 15) is 4.79 Å². The molecule has 4 nitrogen and oxygen atoms in total. The van der Waals surface area contributed by atoms with Crippen molar-refractivity contribution in [2.45, 2.75) is 6.92 Å². The molecule has 110 valence electrons. The number of aryl methyl sites for hydroxylation is 1. The minimum atomic E-state index is -0.462. The smallest absolute Gasteiger partial charge is 0.340 e. The van der Waals surface area contributed by atoms with Crippen LogP contribution in [-0.4, -0.2) is 13.1 Å². The van der Waals surface area contributed by atoms with Crippen molar-refractivity contribution in [1.29, 1.82) is 0 Å². The van der Waals surface area contributed by atoms with Crippen LogP contribution in [0.25, 0.3) is 0 Å². The number of esters is 1. The summed E-state index contributed by atoms with van der Waals surface area (Å²) in [5, 5.41) is 3.84. The number of methoxy groups -OCH3 is 1. The molecule has 21 heavy (non-hydrogen) atoms. The Labute approximate surface area is 136 Å². The van der Waals surface area contributed by atoms with E-state index >= 15 is 0 Å². The van der Waals surface area contributed by atoms with E-state index in [1.807, 2.05) is 25.1 Å². The van der Waals surface area contributed by atoms with Crippen molar-refractivity contribution in [2.75, 3.05) is 18.2 Å². The molecule has 0 atom stereocenters. The molecule has 2 rings (SSSR count). The van der Waals surface area contributed by atoms with Gasteiger partial charge in [0, 0.05) is 21.5 Å². The van der Waals surface area contributed by atoms with E-state index < -0.39 is 5.97 Å². The van der Waals surface area contributed by atoms with Gasteiger partial charge in [0.05, 0.1) is 17.7 Å². The van der Waals surface area contributed by atoms with E-state index in [4.69, 9.17) is 22.1 Å². The number of nitrogens with two attached hydrogens (primary N) is 1. The van der Waals surface area contributed by atoms with E-state index in [-0.39, 0.29) is 0 Å². The number of ether oxygens (including phenoxy) is 1. The first kappa shape index (κ1) is 15.7. The molecule has 6 heteroatoms. The molecule has 0 fully saturated rings. The van der Waals surface area contributed by atoms with Gasteiger partial charge in [-0.05, 0) is 58.7 Å². The van der Waals surface area contributed by atoms with Crippen LogP contribution in [0.5, 0.6) is 0 Å². The van der Waals surface area contributed by atoms with Crippen molar-refractivity contribution in [3.8, 4) is 0 Å². The maximum Gasteiger partial charge on any atom is 0.340 e. The van der Waals surface area contributed by atoms with Gasteiger partial charge >= 0.3 is 5.97 Å². The zero-order valence-corrected chi connectivity index (χ0v) is 13.9. The predicted octanol–water partition coefficient (Wildman–Crippen LogP) is 4.52. The Balaban J connectivity index is 2.38. The summed E-state index contributed by atoms with van der Waals surface area (Å²) in [4.78, 5) is 11.7. The highest BCUT2D eigenvalue weighted by Crippen LogP contribution is 2.29. The Kier molecular flexibility index (Phi) is 4.75. The van der Waals surface area contributed by atoms with Crippen molar-refractivity contribution in [1.82, 2.24) is 0 Å². The summed E-state index contributed by atoms with van der Waals surface area (Å²) in [5.74, 6) is -0.462. The van der Waals surface area contributed by atoms with Crippen molar-refractivity contribution < 1.29 is 9.53 Å². The Hall–Kier alpha value is -1.72. The Morgan fingerprint density at radius 1 is 1.29 bits per heavy atom. The van der Waals surface area contributed by atoms with Gasteiger partial charge in [0.2, 0.25) is 0 Å². The minimum absolute atomic E-state index is 0.341. The second-order valence-electron chi connectivity index (χ2n) is 4.50. The zero-order valence-electron chi connectivity index (χ0n) is 11.5. The number of hydrogen-bond acceptors (Lipinski definition) is 4. The first-order valence-corrected chi connectivity index (χ1v) is 7.30. The number of hydrogen-bond donors (Lipinski definition) is 2. The molecular formula is C15H14BrClN2O2. The van der Waals surface area contributed by atoms with Crippen LogP contribution in [-0.2, 0) is 4.74 Å². The fraction of sp³-hybridized carbons (Fsp3) is 0.133. The molecule has 2 aromatic carbocycles. The Morgan fingerprint density at radius 2 is 2.00 bits per heavy atom. The minimum Gasteiger partial charge on any atom is -0.465 e. The summed E-state index contributed by atoms with van der Waals surface area (Å²) in [7, 11) is 1.33. The summed E-state index contributed by atoms with van der Waals surface area (Å²) in [6.07, 6.45) is 0. The third-order valence-corrected chi connectivity index (χ3v) is 4.21. The zero-order chi connectivity index (χ0) is 15.6. The Bertz CT molecular complexity index is 704. The van der Waals surface area contributed by atoms with Crippen LogP contribution in [0.15, 0.2) is 34.8 Å². The lowest BCUT2D eigenvalue weighted by atomic mass is 10.1. The third-order valence-electron chi connectivity index (χ3n) is 3.00. The number of carbonyl (C=O) groups is 1. The molecule has 0 bridgehead atoms.